The third kappa shape index (κ3) is 4.45. The largest absolute Gasteiger partial charge is 0.495 e. The zero-order chi connectivity index (χ0) is 17.0. The zero-order valence-electron chi connectivity index (χ0n) is 12.1. The molecule has 1 amide bonds. The number of nitrogens with one attached hydrogen (secondary N) is 1. The summed E-state index contributed by atoms with van der Waals surface area (Å²) >= 11 is 0. The van der Waals surface area contributed by atoms with Crippen molar-refractivity contribution in [1.29, 1.82) is 0 Å². The molecule has 122 valence electrons. The number of rotatable bonds is 4. The Bertz CT molecular complexity index is 713. The summed E-state index contributed by atoms with van der Waals surface area (Å²) in [5, 5.41) is 2.36. The second kappa shape index (κ2) is 6.68. The number of hydrogen-bond donors (Lipinski definition) is 1. The second-order valence-electron chi connectivity index (χ2n) is 4.77. The van der Waals surface area contributed by atoms with Gasteiger partial charge >= 0.3 is 6.18 Å². The van der Waals surface area contributed by atoms with Crippen LogP contribution in [-0.4, -0.2) is 13.0 Å². The van der Waals surface area contributed by atoms with Crippen LogP contribution in [0.2, 0.25) is 0 Å². The van der Waals surface area contributed by atoms with Crippen LogP contribution in [0.5, 0.6) is 5.75 Å². The lowest BCUT2D eigenvalue weighted by Crippen LogP contribution is -2.16. The van der Waals surface area contributed by atoms with E-state index in [1.165, 1.54) is 25.3 Å². The summed E-state index contributed by atoms with van der Waals surface area (Å²) in [6.45, 7) is 0. The van der Waals surface area contributed by atoms with Crippen molar-refractivity contribution in [1.82, 2.24) is 0 Å². The van der Waals surface area contributed by atoms with Gasteiger partial charge in [0.2, 0.25) is 5.91 Å². The van der Waals surface area contributed by atoms with Crippen molar-refractivity contribution >= 4 is 11.6 Å². The standard InChI is InChI=1S/C16H13F4NO2/c1-23-14-6-5-11(16(18,19)20)9-13(14)21-15(22)8-10-3-2-4-12(17)7-10/h2-7,9H,8H2,1H3,(H,21,22). The van der Waals surface area contributed by atoms with Crippen LogP contribution in [0.25, 0.3) is 0 Å². The summed E-state index contributed by atoms with van der Waals surface area (Å²) in [4.78, 5) is 12.0. The average Bonchev–Trinajstić information content (AvgIpc) is 2.46. The minimum atomic E-state index is -4.53. The molecule has 0 radical (unpaired) electrons. The normalized spacial score (nSPS) is 11.2. The van der Waals surface area contributed by atoms with Crippen molar-refractivity contribution in [2.45, 2.75) is 12.6 Å². The fourth-order valence-corrected chi connectivity index (χ4v) is 2.01. The van der Waals surface area contributed by atoms with Gasteiger partial charge in [0.1, 0.15) is 11.6 Å². The Labute approximate surface area is 129 Å². The molecule has 0 saturated carbocycles. The van der Waals surface area contributed by atoms with E-state index in [-0.39, 0.29) is 17.9 Å². The van der Waals surface area contributed by atoms with E-state index in [4.69, 9.17) is 4.74 Å². The fraction of sp³-hybridized carbons (Fsp3) is 0.188. The highest BCUT2D eigenvalue weighted by atomic mass is 19.4. The highest BCUT2D eigenvalue weighted by Crippen LogP contribution is 2.34. The Morgan fingerprint density at radius 1 is 1.17 bits per heavy atom. The van der Waals surface area contributed by atoms with Crippen LogP contribution < -0.4 is 10.1 Å². The summed E-state index contributed by atoms with van der Waals surface area (Å²) < 4.78 is 56.2. The van der Waals surface area contributed by atoms with Crippen LogP contribution in [0.3, 0.4) is 0 Å². The van der Waals surface area contributed by atoms with Crippen molar-refractivity contribution in [2.24, 2.45) is 0 Å². The van der Waals surface area contributed by atoms with E-state index in [1.54, 1.807) is 6.07 Å². The van der Waals surface area contributed by atoms with Crippen LogP contribution in [-0.2, 0) is 17.4 Å². The Balaban J connectivity index is 2.19. The summed E-state index contributed by atoms with van der Waals surface area (Å²) in [5.41, 5.74) is -0.587. The lowest BCUT2D eigenvalue weighted by molar-refractivity contribution is -0.137. The second-order valence-corrected chi connectivity index (χ2v) is 4.77. The van der Waals surface area contributed by atoms with E-state index in [1.807, 2.05) is 0 Å². The lowest BCUT2D eigenvalue weighted by atomic mass is 10.1. The maximum absolute atomic E-state index is 13.1. The predicted molar refractivity (Wildman–Crippen MR) is 76.7 cm³/mol. The van der Waals surface area contributed by atoms with E-state index < -0.39 is 23.5 Å². The molecular weight excluding hydrogens is 314 g/mol. The van der Waals surface area contributed by atoms with Gasteiger partial charge in [0.15, 0.2) is 0 Å². The number of benzene rings is 2. The Hall–Kier alpha value is -2.57. The molecule has 2 rings (SSSR count). The molecule has 0 unspecified atom stereocenters. The molecule has 3 nitrogen and oxygen atoms in total. The lowest BCUT2D eigenvalue weighted by Gasteiger charge is -2.13. The molecule has 2 aromatic rings. The molecule has 0 aliphatic rings. The number of carbonyl (C=O) groups is 1. The van der Waals surface area contributed by atoms with Gasteiger partial charge < -0.3 is 10.1 Å². The molecule has 0 bridgehead atoms. The number of anilines is 1. The minimum absolute atomic E-state index is 0.0938. The molecule has 0 spiro atoms. The van der Waals surface area contributed by atoms with Crippen LogP contribution in [0.15, 0.2) is 42.5 Å². The number of carbonyl (C=O) groups excluding carboxylic acids is 1. The van der Waals surface area contributed by atoms with Gasteiger partial charge in [-0.05, 0) is 35.9 Å². The van der Waals surface area contributed by atoms with Crippen molar-refractivity contribution in [3.63, 3.8) is 0 Å². The zero-order valence-corrected chi connectivity index (χ0v) is 12.1. The maximum Gasteiger partial charge on any atom is 0.416 e. The molecule has 0 aromatic heterocycles. The molecule has 0 heterocycles. The summed E-state index contributed by atoms with van der Waals surface area (Å²) in [5.74, 6) is -0.967. The Morgan fingerprint density at radius 2 is 1.91 bits per heavy atom. The number of amides is 1. The first-order valence-electron chi connectivity index (χ1n) is 6.59. The molecule has 0 fully saturated rings. The average molecular weight is 327 g/mol. The third-order valence-corrected chi connectivity index (χ3v) is 3.05. The number of ether oxygens (including phenoxy) is 1. The highest BCUT2D eigenvalue weighted by Gasteiger charge is 2.31. The number of alkyl halides is 3. The van der Waals surface area contributed by atoms with Gasteiger partial charge in [-0.1, -0.05) is 12.1 Å². The van der Waals surface area contributed by atoms with E-state index in [0.29, 0.717) is 5.56 Å². The van der Waals surface area contributed by atoms with E-state index in [2.05, 4.69) is 5.32 Å². The molecule has 0 atom stereocenters. The van der Waals surface area contributed by atoms with Crippen molar-refractivity contribution in [3.8, 4) is 5.75 Å². The Kier molecular flexibility index (Phi) is 4.88. The van der Waals surface area contributed by atoms with Crippen molar-refractivity contribution in [3.05, 3.63) is 59.4 Å². The predicted octanol–water partition coefficient (Wildman–Crippen LogP) is 4.03. The van der Waals surface area contributed by atoms with Crippen molar-refractivity contribution in [2.75, 3.05) is 12.4 Å². The number of hydrogen-bond acceptors (Lipinski definition) is 2. The van der Waals surface area contributed by atoms with Gasteiger partial charge in [-0.25, -0.2) is 4.39 Å². The van der Waals surface area contributed by atoms with Gasteiger partial charge in [-0.3, -0.25) is 4.79 Å². The molecular formula is C16H13F4NO2. The molecule has 0 saturated heterocycles. The first kappa shape index (κ1) is 16.8. The first-order chi connectivity index (χ1) is 10.8. The van der Waals surface area contributed by atoms with Crippen LogP contribution in [0.4, 0.5) is 23.2 Å². The highest BCUT2D eigenvalue weighted by molar-refractivity contribution is 5.93. The van der Waals surface area contributed by atoms with Gasteiger partial charge in [0.25, 0.3) is 0 Å². The van der Waals surface area contributed by atoms with E-state index in [9.17, 15) is 22.4 Å². The summed E-state index contributed by atoms with van der Waals surface area (Å²) in [6.07, 6.45) is -4.70. The van der Waals surface area contributed by atoms with Gasteiger partial charge in [0, 0.05) is 0 Å². The van der Waals surface area contributed by atoms with E-state index >= 15 is 0 Å². The Morgan fingerprint density at radius 3 is 2.52 bits per heavy atom. The minimum Gasteiger partial charge on any atom is -0.495 e. The first-order valence-corrected chi connectivity index (χ1v) is 6.59. The third-order valence-electron chi connectivity index (χ3n) is 3.05. The summed E-state index contributed by atoms with van der Waals surface area (Å²) in [6, 6.07) is 8.19. The summed E-state index contributed by atoms with van der Waals surface area (Å²) in [7, 11) is 1.28. The monoisotopic (exact) mass is 327 g/mol. The SMILES string of the molecule is COc1ccc(C(F)(F)F)cc1NC(=O)Cc1cccc(F)c1. The number of halogens is 4. The molecule has 1 N–H and O–H groups in total. The molecule has 23 heavy (non-hydrogen) atoms. The van der Waals surface area contributed by atoms with Gasteiger partial charge in [0.05, 0.1) is 24.8 Å². The smallest absolute Gasteiger partial charge is 0.416 e. The molecule has 0 aliphatic heterocycles. The molecule has 7 heteroatoms. The van der Waals surface area contributed by atoms with Crippen LogP contribution in [0, 0.1) is 5.82 Å². The topological polar surface area (TPSA) is 38.3 Å². The fourth-order valence-electron chi connectivity index (χ4n) is 2.01. The number of methoxy groups -OCH3 is 1. The van der Waals surface area contributed by atoms with E-state index in [0.717, 1.165) is 18.2 Å². The molecule has 2 aromatic carbocycles. The van der Waals surface area contributed by atoms with Gasteiger partial charge in [-0.2, -0.15) is 13.2 Å². The quantitative estimate of drug-likeness (QED) is 0.861. The van der Waals surface area contributed by atoms with Crippen LogP contribution in [0.1, 0.15) is 11.1 Å². The van der Waals surface area contributed by atoms with Crippen molar-refractivity contribution < 1.29 is 27.1 Å². The van der Waals surface area contributed by atoms with Gasteiger partial charge in [-0.15, -0.1) is 0 Å². The maximum atomic E-state index is 13.1. The van der Waals surface area contributed by atoms with Crippen LogP contribution >= 0.6 is 0 Å². The molecule has 0 aliphatic carbocycles.